The van der Waals surface area contributed by atoms with E-state index in [0.29, 0.717) is 0 Å². The van der Waals surface area contributed by atoms with Crippen molar-refractivity contribution >= 4 is 11.9 Å². The van der Waals surface area contributed by atoms with Gasteiger partial charge < -0.3 is 10.4 Å². The van der Waals surface area contributed by atoms with Crippen molar-refractivity contribution in [3.8, 4) is 0 Å². The number of aromatic nitrogens is 2. The molecule has 1 aromatic heterocycles. The van der Waals surface area contributed by atoms with Gasteiger partial charge in [0.2, 0.25) is 5.91 Å². The zero-order chi connectivity index (χ0) is 14.6. The summed E-state index contributed by atoms with van der Waals surface area (Å²) in [5, 5.41) is 11.3. The Bertz CT molecular complexity index is 588. The minimum Gasteiger partial charge on any atom is -0.481 e. The molecule has 0 spiro atoms. The maximum Gasteiger partial charge on any atom is 0.328 e. The fourth-order valence-electron chi connectivity index (χ4n) is 1.36. The highest BCUT2D eigenvalue weighted by molar-refractivity contribution is 5.77. The van der Waals surface area contributed by atoms with Crippen LogP contribution in [0.15, 0.2) is 21.9 Å². The van der Waals surface area contributed by atoms with E-state index in [1.807, 2.05) is 4.98 Å². The third-order valence-electron chi connectivity index (χ3n) is 2.74. The molecule has 0 saturated carbocycles. The highest BCUT2D eigenvalue weighted by atomic mass is 16.4. The molecule has 2 atom stereocenters. The van der Waals surface area contributed by atoms with E-state index < -0.39 is 35.1 Å². The number of carboxylic acids is 1. The van der Waals surface area contributed by atoms with Gasteiger partial charge in [0.25, 0.3) is 5.56 Å². The lowest BCUT2D eigenvalue weighted by molar-refractivity contribution is -0.142. The minimum absolute atomic E-state index is 0.285. The molecular formula is C11H15N3O5. The maximum absolute atomic E-state index is 11.6. The second kappa shape index (κ2) is 5.98. The van der Waals surface area contributed by atoms with Gasteiger partial charge in [-0.25, -0.2) is 4.79 Å². The summed E-state index contributed by atoms with van der Waals surface area (Å²) in [5.41, 5.74) is -1.24. The monoisotopic (exact) mass is 269 g/mol. The largest absolute Gasteiger partial charge is 0.481 e. The second-order valence-electron chi connectivity index (χ2n) is 4.22. The van der Waals surface area contributed by atoms with Crippen molar-refractivity contribution in [2.24, 2.45) is 5.92 Å². The van der Waals surface area contributed by atoms with Crippen LogP contribution in [0.1, 0.15) is 13.8 Å². The van der Waals surface area contributed by atoms with Crippen molar-refractivity contribution in [1.82, 2.24) is 14.9 Å². The van der Waals surface area contributed by atoms with Crippen LogP contribution in [-0.4, -0.2) is 32.6 Å². The van der Waals surface area contributed by atoms with Gasteiger partial charge in [0.05, 0.1) is 5.92 Å². The Hall–Kier alpha value is -2.38. The zero-order valence-corrected chi connectivity index (χ0v) is 10.5. The highest BCUT2D eigenvalue weighted by Gasteiger charge is 2.21. The molecule has 19 heavy (non-hydrogen) atoms. The molecule has 104 valence electrons. The highest BCUT2D eigenvalue weighted by Crippen LogP contribution is 2.01. The average molecular weight is 269 g/mol. The van der Waals surface area contributed by atoms with Crippen molar-refractivity contribution in [2.75, 3.05) is 0 Å². The first-order valence-electron chi connectivity index (χ1n) is 5.63. The Morgan fingerprint density at radius 3 is 2.58 bits per heavy atom. The van der Waals surface area contributed by atoms with E-state index in [9.17, 15) is 19.2 Å². The molecule has 1 amide bonds. The molecule has 8 heteroatoms. The van der Waals surface area contributed by atoms with Gasteiger partial charge in [-0.2, -0.15) is 0 Å². The predicted molar refractivity (Wildman–Crippen MR) is 65.7 cm³/mol. The van der Waals surface area contributed by atoms with Crippen LogP contribution in [-0.2, 0) is 16.1 Å². The minimum atomic E-state index is -1.02. The lowest BCUT2D eigenvalue weighted by Crippen LogP contribution is -2.43. The van der Waals surface area contributed by atoms with Gasteiger partial charge in [0, 0.05) is 18.3 Å². The van der Waals surface area contributed by atoms with Crippen LogP contribution in [0.2, 0.25) is 0 Å². The van der Waals surface area contributed by atoms with Crippen molar-refractivity contribution in [1.29, 1.82) is 0 Å². The summed E-state index contributed by atoms with van der Waals surface area (Å²) in [6.45, 7) is 2.75. The van der Waals surface area contributed by atoms with Crippen molar-refractivity contribution in [2.45, 2.75) is 26.4 Å². The van der Waals surface area contributed by atoms with Crippen LogP contribution in [0, 0.1) is 5.92 Å². The molecule has 3 N–H and O–H groups in total. The standard InChI is InChI=1S/C11H15N3O5/c1-6(10(17)18)7(2)12-9(16)5-14-4-3-8(15)13-11(14)19/h3-4,6-7H,5H2,1-2H3,(H,12,16)(H,17,18)(H,13,15,19). The molecule has 1 rings (SSSR count). The molecule has 0 fully saturated rings. The Balaban J connectivity index is 2.68. The molecular weight excluding hydrogens is 254 g/mol. The van der Waals surface area contributed by atoms with Crippen LogP contribution < -0.4 is 16.6 Å². The quantitative estimate of drug-likeness (QED) is 0.617. The van der Waals surface area contributed by atoms with E-state index in [1.165, 1.54) is 13.1 Å². The first kappa shape index (κ1) is 14.7. The number of carbonyl (C=O) groups is 2. The summed E-state index contributed by atoms with van der Waals surface area (Å²) in [6, 6.07) is 0.557. The number of H-pyrrole nitrogens is 1. The Morgan fingerprint density at radius 1 is 1.42 bits per heavy atom. The Kier molecular flexibility index (Phi) is 4.62. The molecule has 1 heterocycles. The third kappa shape index (κ3) is 4.09. The summed E-state index contributed by atoms with van der Waals surface area (Å²) >= 11 is 0. The van der Waals surface area contributed by atoms with E-state index >= 15 is 0 Å². The number of amides is 1. The van der Waals surface area contributed by atoms with Gasteiger partial charge in [-0.1, -0.05) is 0 Å². The molecule has 0 aliphatic heterocycles. The number of hydrogen-bond acceptors (Lipinski definition) is 4. The summed E-state index contributed by atoms with van der Waals surface area (Å²) in [6.07, 6.45) is 1.20. The van der Waals surface area contributed by atoms with Crippen LogP contribution >= 0.6 is 0 Å². The van der Waals surface area contributed by atoms with Crippen molar-refractivity contribution in [3.05, 3.63) is 33.1 Å². The number of nitrogens with one attached hydrogen (secondary N) is 2. The SMILES string of the molecule is CC(NC(=O)Cn1ccc(=O)[nH]c1=O)C(C)C(=O)O. The molecule has 0 saturated heterocycles. The van der Waals surface area contributed by atoms with Crippen LogP contribution in [0.25, 0.3) is 0 Å². The Labute approximate surface area is 108 Å². The summed E-state index contributed by atoms with van der Waals surface area (Å²) in [7, 11) is 0. The second-order valence-corrected chi connectivity index (χ2v) is 4.22. The van der Waals surface area contributed by atoms with Gasteiger partial charge in [-0.15, -0.1) is 0 Å². The number of aliphatic carboxylic acids is 1. The van der Waals surface area contributed by atoms with Crippen LogP contribution in [0.5, 0.6) is 0 Å². The summed E-state index contributed by atoms with van der Waals surface area (Å²) < 4.78 is 1.02. The molecule has 1 aromatic rings. The van der Waals surface area contributed by atoms with Crippen molar-refractivity contribution in [3.63, 3.8) is 0 Å². The molecule has 0 aromatic carbocycles. The molecule has 0 aliphatic rings. The van der Waals surface area contributed by atoms with E-state index in [1.54, 1.807) is 6.92 Å². The normalized spacial score (nSPS) is 13.6. The zero-order valence-electron chi connectivity index (χ0n) is 10.5. The summed E-state index contributed by atoms with van der Waals surface area (Å²) in [4.78, 5) is 46.5. The lowest BCUT2D eigenvalue weighted by atomic mass is 10.0. The first-order chi connectivity index (χ1) is 8.81. The maximum atomic E-state index is 11.6. The van der Waals surface area contributed by atoms with Crippen LogP contribution in [0.4, 0.5) is 0 Å². The number of hydrogen-bond donors (Lipinski definition) is 3. The predicted octanol–water partition coefficient (Wildman–Crippen LogP) is -1.24. The number of rotatable bonds is 5. The smallest absolute Gasteiger partial charge is 0.328 e. The number of aromatic amines is 1. The molecule has 8 nitrogen and oxygen atoms in total. The van der Waals surface area contributed by atoms with E-state index in [2.05, 4.69) is 5.32 Å². The topological polar surface area (TPSA) is 121 Å². The van der Waals surface area contributed by atoms with Crippen molar-refractivity contribution < 1.29 is 14.7 Å². The van der Waals surface area contributed by atoms with Crippen LogP contribution in [0.3, 0.4) is 0 Å². The van der Waals surface area contributed by atoms with E-state index in [0.717, 1.165) is 10.6 Å². The molecule has 0 bridgehead atoms. The van der Waals surface area contributed by atoms with Gasteiger partial charge in [-0.05, 0) is 13.8 Å². The number of nitrogens with zero attached hydrogens (tertiary/aromatic N) is 1. The number of carboxylic acid groups (broad SMARTS) is 1. The molecule has 0 radical (unpaired) electrons. The van der Waals surface area contributed by atoms with Gasteiger partial charge >= 0.3 is 11.7 Å². The van der Waals surface area contributed by atoms with Gasteiger partial charge in [0.1, 0.15) is 6.54 Å². The molecule has 2 unspecified atom stereocenters. The average Bonchev–Trinajstić information content (AvgIpc) is 2.31. The lowest BCUT2D eigenvalue weighted by Gasteiger charge is -2.17. The fourth-order valence-corrected chi connectivity index (χ4v) is 1.36. The van der Waals surface area contributed by atoms with Gasteiger partial charge in [-0.3, -0.25) is 23.9 Å². The van der Waals surface area contributed by atoms with E-state index in [-0.39, 0.29) is 6.54 Å². The van der Waals surface area contributed by atoms with Gasteiger partial charge in [0.15, 0.2) is 0 Å². The number of carbonyl (C=O) groups excluding carboxylic acids is 1. The third-order valence-corrected chi connectivity index (χ3v) is 2.74. The summed E-state index contributed by atoms with van der Waals surface area (Å²) in [5.74, 6) is -2.26. The fraction of sp³-hybridized carbons (Fsp3) is 0.455. The Morgan fingerprint density at radius 2 is 2.05 bits per heavy atom. The first-order valence-corrected chi connectivity index (χ1v) is 5.63. The molecule has 0 aliphatic carbocycles. The van der Waals surface area contributed by atoms with E-state index in [4.69, 9.17) is 5.11 Å².